The van der Waals surface area contributed by atoms with Crippen LogP contribution in [0.15, 0.2) is 62.7 Å². The highest BCUT2D eigenvalue weighted by Crippen LogP contribution is 2.20. The standard InChI is InChI=1S/C21H23N3O4S2/c1-14(2)30(26,27)18-10-6-16(7-11-18)12-20-23-24-21(28-20)22-19(25)13-29-17-8-4-15(3)5-9-17/h4-11,14H,12-13H2,1-3H3,(H,22,24,25). The number of nitrogens with zero attached hydrogens (tertiary/aromatic N) is 2. The lowest BCUT2D eigenvalue weighted by Gasteiger charge is -2.08. The Morgan fingerprint density at radius 1 is 1.07 bits per heavy atom. The van der Waals surface area contributed by atoms with E-state index in [1.54, 1.807) is 38.1 Å². The van der Waals surface area contributed by atoms with Crippen LogP contribution in [-0.2, 0) is 21.1 Å². The van der Waals surface area contributed by atoms with Crippen molar-refractivity contribution in [2.45, 2.75) is 42.2 Å². The Kier molecular flexibility index (Phi) is 6.94. The number of hydrogen-bond donors (Lipinski definition) is 1. The Balaban J connectivity index is 1.54. The van der Waals surface area contributed by atoms with Crippen LogP contribution in [0.2, 0.25) is 0 Å². The summed E-state index contributed by atoms with van der Waals surface area (Å²) in [5, 5.41) is 9.90. The second kappa shape index (κ2) is 9.44. The summed E-state index contributed by atoms with van der Waals surface area (Å²) in [4.78, 5) is 13.4. The molecule has 2 aromatic carbocycles. The smallest absolute Gasteiger partial charge is 0.322 e. The predicted molar refractivity (Wildman–Crippen MR) is 116 cm³/mol. The molecule has 3 aromatic rings. The third-order valence-corrected chi connectivity index (χ3v) is 7.51. The Morgan fingerprint density at radius 3 is 2.37 bits per heavy atom. The average Bonchev–Trinajstić information content (AvgIpc) is 3.14. The van der Waals surface area contributed by atoms with Gasteiger partial charge in [-0.2, -0.15) is 0 Å². The van der Waals surface area contributed by atoms with Crippen LogP contribution in [0.5, 0.6) is 0 Å². The van der Waals surface area contributed by atoms with Crippen LogP contribution < -0.4 is 5.32 Å². The molecule has 1 aromatic heterocycles. The van der Waals surface area contributed by atoms with E-state index in [2.05, 4.69) is 15.5 Å². The highest BCUT2D eigenvalue weighted by molar-refractivity contribution is 8.00. The Labute approximate surface area is 180 Å². The van der Waals surface area contributed by atoms with Crippen molar-refractivity contribution in [2.75, 3.05) is 11.1 Å². The fraction of sp³-hybridized carbons (Fsp3) is 0.286. The molecule has 158 valence electrons. The molecule has 30 heavy (non-hydrogen) atoms. The Bertz CT molecular complexity index is 1110. The zero-order chi connectivity index (χ0) is 21.7. The van der Waals surface area contributed by atoms with Crippen molar-refractivity contribution >= 4 is 33.5 Å². The molecule has 0 fully saturated rings. The van der Waals surface area contributed by atoms with Gasteiger partial charge < -0.3 is 4.42 Å². The van der Waals surface area contributed by atoms with Gasteiger partial charge >= 0.3 is 6.01 Å². The summed E-state index contributed by atoms with van der Waals surface area (Å²) < 4.78 is 29.8. The number of nitrogens with one attached hydrogen (secondary N) is 1. The maximum absolute atomic E-state index is 12.2. The van der Waals surface area contributed by atoms with Crippen LogP contribution in [0, 0.1) is 6.92 Å². The van der Waals surface area contributed by atoms with Gasteiger partial charge in [-0.1, -0.05) is 34.9 Å². The monoisotopic (exact) mass is 445 g/mol. The number of aromatic nitrogens is 2. The highest BCUT2D eigenvalue weighted by atomic mass is 32.2. The van der Waals surface area contributed by atoms with Crippen LogP contribution in [0.3, 0.4) is 0 Å². The van der Waals surface area contributed by atoms with Crippen LogP contribution in [0.25, 0.3) is 0 Å². The summed E-state index contributed by atoms with van der Waals surface area (Å²) in [7, 11) is -3.30. The largest absolute Gasteiger partial charge is 0.407 e. The van der Waals surface area contributed by atoms with Crippen LogP contribution in [-0.4, -0.2) is 35.5 Å². The molecule has 0 spiro atoms. The normalized spacial score (nSPS) is 11.6. The van der Waals surface area contributed by atoms with E-state index in [0.29, 0.717) is 12.3 Å². The van der Waals surface area contributed by atoms with E-state index in [-0.39, 0.29) is 22.6 Å². The van der Waals surface area contributed by atoms with Crippen molar-refractivity contribution in [2.24, 2.45) is 0 Å². The number of carbonyl (C=O) groups is 1. The van der Waals surface area contributed by atoms with Crippen LogP contribution in [0.1, 0.15) is 30.9 Å². The lowest BCUT2D eigenvalue weighted by Crippen LogP contribution is -2.14. The van der Waals surface area contributed by atoms with E-state index in [0.717, 1.165) is 10.5 Å². The molecular formula is C21H23N3O4S2. The lowest BCUT2D eigenvalue weighted by atomic mass is 10.1. The minimum Gasteiger partial charge on any atom is -0.407 e. The summed E-state index contributed by atoms with van der Waals surface area (Å²) in [6.07, 6.45) is 0.336. The molecule has 0 saturated heterocycles. The quantitative estimate of drug-likeness (QED) is 0.525. The molecule has 0 aliphatic rings. The number of thioether (sulfide) groups is 1. The van der Waals surface area contributed by atoms with Gasteiger partial charge in [0.1, 0.15) is 0 Å². The van der Waals surface area contributed by atoms with Crippen molar-refractivity contribution in [1.29, 1.82) is 0 Å². The fourth-order valence-corrected chi connectivity index (χ4v) is 4.32. The number of anilines is 1. The molecule has 7 nitrogen and oxygen atoms in total. The second-order valence-corrected chi connectivity index (χ2v) is 10.6. The first-order valence-corrected chi connectivity index (χ1v) is 11.9. The van der Waals surface area contributed by atoms with Gasteiger partial charge in [-0.25, -0.2) is 8.42 Å². The van der Waals surface area contributed by atoms with Crippen molar-refractivity contribution in [3.05, 3.63) is 65.5 Å². The van der Waals surface area contributed by atoms with Gasteiger partial charge in [0.15, 0.2) is 9.84 Å². The van der Waals surface area contributed by atoms with E-state index in [9.17, 15) is 13.2 Å². The second-order valence-electron chi connectivity index (χ2n) is 7.07. The zero-order valence-corrected chi connectivity index (χ0v) is 18.6. The molecule has 9 heteroatoms. The van der Waals surface area contributed by atoms with Gasteiger partial charge in [0.2, 0.25) is 11.8 Å². The Morgan fingerprint density at radius 2 is 1.73 bits per heavy atom. The van der Waals surface area contributed by atoms with Gasteiger partial charge in [-0.3, -0.25) is 10.1 Å². The van der Waals surface area contributed by atoms with Gasteiger partial charge in [0, 0.05) is 4.90 Å². The number of hydrogen-bond acceptors (Lipinski definition) is 7. The molecule has 0 unspecified atom stereocenters. The maximum atomic E-state index is 12.2. The van der Waals surface area contributed by atoms with Crippen LogP contribution >= 0.6 is 11.8 Å². The van der Waals surface area contributed by atoms with Gasteiger partial charge in [-0.05, 0) is 50.6 Å². The van der Waals surface area contributed by atoms with Gasteiger partial charge in [0.25, 0.3) is 0 Å². The first kappa shape index (κ1) is 22.0. The van der Waals surface area contributed by atoms with Crippen molar-refractivity contribution in [1.82, 2.24) is 10.2 Å². The van der Waals surface area contributed by atoms with Crippen LogP contribution in [0.4, 0.5) is 6.01 Å². The number of benzene rings is 2. The molecule has 0 atom stereocenters. The maximum Gasteiger partial charge on any atom is 0.322 e. The van der Waals surface area contributed by atoms with Gasteiger partial charge in [-0.15, -0.1) is 16.9 Å². The third-order valence-electron chi connectivity index (χ3n) is 4.33. The van der Waals surface area contributed by atoms with Crippen molar-refractivity contribution < 1.29 is 17.6 Å². The molecule has 0 bridgehead atoms. The first-order valence-electron chi connectivity index (χ1n) is 9.38. The summed E-state index contributed by atoms with van der Waals surface area (Å²) in [5.74, 6) is 0.321. The SMILES string of the molecule is Cc1ccc(SCC(=O)Nc2nnc(Cc3ccc(S(=O)(=O)C(C)C)cc3)o2)cc1. The molecule has 1 heterocycles. The van der Waals surface area contributed by atoms with E-state index in [4.69, 9.17) is 4.42 Å². The molecule has 1 N–H and O–H groups in total. The number of amides is 1. The molecule has 0 aliphatic carbocycles. The zero-order valence-electron chi connectivity index (χ0n) is 17.0. The minimum atomic E-state index is -3.30. The highest BCUT2D eigenvalue weighted by Gasteiger charge is 2.19. The lowest BCUT2D eigenvalue weighted by molar-refractivity contribution is -0.113. The summed E-state index contributed by atoms with van der Waals surface area (Å²) in [5.41, 5.74) is 1.99. The van der Waals surface area contributed by atoms with Crippen molar-refractivity contribution in [3.63, 3.8) is 0 Å². The molecule has 1 amide bonds. The third kappa shape index (κ3) is 5.70. The molecule has 0 saturated carbocycles. The van der Waals surface area contributed by atoms with E-state index < -0.39 is 15.1 Å². The summed E-state index contributed by atoms with van der Waals surface area (Å²) >= 11 is 1.42. The number of sulfone groups is 1. The number of aryl methyl sites for hydroxylation is 1. The molecule has 3 rings (SSSR count). The topological polar surface area (TPSA) is 102 Å². The summed E-state index contributed by atoms with van der Waals surface area (Å²) in [6.45, 7) is 5.31. The molecule has 0 aliphatic heterocycles. The van der Waals surface area contributed by atoms with E-state index in [1.807, 2.05) is 31.2 Å². The Hall–Kier alpha value is -2.65. The average molecular weight is 446 g/mol. The van der Waals surface area contributed by atoms with E-state index in [1.165, 1.54) is 17.3 Å². The number of carbonyl (C=O) groups excluding carboxylic acids is 1. The number of rotatable bonds is 8. The van der Waals surface area contributed by atoms with Crippen molar-refractivity contribution in [3.8, 4) is 0 Å². The minimum absolute atomic E-state index is 0.0403. The fourth-order valence-electron chi connectivity index (χ4n) is 2.56. The van der Waals surface area contributed by atoms with E-state index >= 15 is 0 Å². The predicted octanol–water partition coefficient (Wildman–Crippen LogP) is 3.88. The van der Waals surface area contributed by atoms with Gasteiger partial charge in [0.05, 0.1) is 22.3 Å². The first-order chi connectivity index (χ1) is 14.2. The molecular weight excluding hydrogens is 422 g/mol. The molecule has 0 radical (unpaired) electrons. The summed E-state index contributed by atoms with van der Waals surface area (Å²) in [6, 6.07) is 14.6.